The van der Waals surface area contributed by atoms with E-state index in [-0.39, 0.29) is 12.1 Å². The lowest BCUT2D eigenvalue weighted by atomic mass is 9.97. The van der Waals surface area contributed by atoms with Crippen LogP contribution in [0.15, 0.2) is 42.7 Å². The number of hydrogen-bond acceptors (Lipinski definition) is 5. The van der Waals surface area contributed by atoms with Crippen LogP contribution in [-0.4, -0.2) is 51.0 Å². The Morgan fingerprint density at radius 1 is 1.21 bits per heavy atom. The smallest absolute Gasteiger partial charge is 0.376 e. The molecule has 10 heteroatoms. The molecule has 4 rings (SSSR count). The lowest BCUT2D eigenvalue weighted by molar-refractivity contribution is -0.259. The summed E-state index contributed by atoms with van der Waals surface area (Å²) in [5, 5.41) is 16.0. The molecular formula is C19H19F4N5O. The summed E-state index contributed by atoms with van der Waals surface area (Å²) >= 11 is 0. The molecule has 0 aliphatic carbocycles. The molecule has 0 unspecified atom stereocenters. The van der Waals surface area contributed by atoms with E-state index in [1.165, 1.54) is 28.9 Å². The Morgan fingerprint density at radius 2 is 2.00 bits per heavy atom. The van der Waals surface area contributed by atoms with Gasteiger partial charge in [-0.25, -0.2) is 14.4 Å². The topological polar surface area (TPSA) is 74.5 Å². The van der Waals surface area contributed by atoms with Crippen molar-refractivity contribution in [3.63, 3.8) is 0 Å². The number of nitrogens with one attached hydrogen (secondary N) is 2. The zero-order chi connectivity index (χ0) is 20.8. The molecule has 3 atom stereocenters. The highest BCUT2D eigenvalue weighted by molar-refractivity contribution is 5.62. The van der Waals surface area contributed by atoms with Crippen LogP contribution in [0.5, 0.6) is 0 Å². The van der Waals surface area contributed by atoms with E-state index < -0.39 is 24.0 Å². The van der Waals surface area contributed by atoms with E-state index in [2.05, 4.69) is 20.6 Å². The highest BCUT2D eigenvalue weighted by Crippen LogP contribution is 2.38. The summed E-state index contributed by atoms with van der Waals surface area (Å²) in [5.74, 6) is 0.451. The van der Waals surface area contributed by atoms with Gasteiger partial charge in [-0.05, 0) is 25.1 Å². The first kappa shape index (κ1) is 19.6. The summed E-state index contributed by atoms with van der Waals surface area (Å²) in [5.41, 5.74) is -2.02. The van der Waals surface area contributed by atoms with Crippen molar-refractivity contribution in [3.05, 3.63) is 48.3 Å². The first-order valence-corrected chi connectivity index (χ1v) is 9.02. The second-order valence-electron chi connectivity index (χ2n) is 7.19. The zero-order valence-electron chi connectivity index (χ0n) is 15.4. The molecule has 154 valence electrons. The quantitative estimate of drug-likeness (QED) is 0.578. The van der Waals surface area contributed by atoms with Crippen LogP contribution in [0.2, 0.25) is 0 Å². The monoisotopic (exact) mass is 409 g/mol. The highest BCUT2D eigenvalue weighted by atomic mass is 19.4. The van der Waals surface area contributed by atoms with Crippen molar-refractivity contribution in [2.24, 2.45) is 0 Å². The minimum absolute atomic E-state index is 0.270. The lowest BCUT2D eigenvalue weighted by Gasteiger charge is -2.26. The van der Waals surface area contributed by atoms with E-state index in [0.29, 0.717) is 36.3 Å². The molecule has 0 radical (unpaired) electrons. The van der Waals surface area contributed by atoms with Gasteiger partial charge in [0.1, 0.15) is 17.6 Å². The van der Waals surface area contributed by atoms with Crippen molar-refractivity contribution < 1.29 is 22.7 Å². The van der Waals surface area contributed by atoms with Gasteiger partial charge < -0.3 is 15.7 Å². The summed E-state index contributed by atoms with van der Waals surface area (Å²) in [7, 11) is 0. The van der Waals surface area contributed by atoms with Gasteiger partial charge >= 0.3 is 6.18 Å². The standard InChI is InChI=1S/C19H19F4N5O/c1-18(29,19(21,22)23)11-5-6-17-25-9-15(28(17)10-11)13-3-2-4-16(26-13)27-14-8-24-7-12(14)20/h2-6,9-10,12,14,24,29H,7-8H2,1H3,(H,26,27)/t12-,14-,18-/m0/s1. The molecule has 3 aromatic heterocycles. The number of imidazole rings is 1. The maximum Gasteiger partial charge on any atom is 0.421 e. The molecule has 0 amide bonds. The average Bonchev–Trinajstić information content (AvgIpc) is 3.27. The van der Waals surface area contributed by atoms with Crippen LogP contribution in [0.1, 0.15) is 12.5 Å². The average molecular weight is 409 g/mol. The van der Waals surface area contributed by atoms with E-state index in [0.717, 1.165) is 0 Å². The summed E-state index contributed by atoms with van der Waals surface area (Å²) in [6.45, 7) is 1.45. The third kappa shape index (κ3) is 3.53. The fraction of sp³-hybridized carbons (Fsp3) is 0.368. The molecule has 0 saturated carbocycles. The van der Waals surface area contributed by atoms with Gasteiger partial charge in [-0.2, -0.15) is 13.2 Å². The summed E-state index contributed by atoms with van der Waals surface area (Å²) in [6.07, 6.45) is -3.18. The Bertz CT molecular complexity index is 1030. The third-order valence-electron chi connectivity index (χ3n) is 5.10. The molecule has 6 nitrogen and oxygen atoms in total. The van der Waals surface area contributed by atoms with Gasteiger partial charge in [0, 0.05) is 24.8 Å². The van der Waals surface area contributed by atoms with Crippen LogP contribution in [-0.2, 0) is 5.60 Å². The molecule has 1 aliphatic rings. The molecule has 0 bridgehead atoms. The highest BCUT2D eigenvalue weighted by Gasteiger charge is 2.51. The molecule has 0 aromatic carbocycles. The van der Waals surface area contributed by atoms with Crippen molar-refractivity contribution in [2.45, 2.75) is 30.9 Å². The molecule has 3 N–H and O–H groups in total. The van der Waals surface area contributed by atoms with Gasteiger partial charge in [0.2, 0.25) is 0 Å². The van der Waals surface area contributed by atoms with E-state index in [1.807, 2.05) is 0 Å². The van der Waals surface area contributed by atoms with Crippen LogP contribution in [0, 0.1) is 0 Å². The van der Waals surface area contributed by atoms with Crippen molar-refractivity contribution in [2.75, 3.05) is 18.4 Å². The molecule has 1 fully saturated rings. The van der Waals surface area contributed by atoms with Crippen LogP contribution in [0.3, 0.4) is 0 Å². The van der Waals surface area contributed by atoms with Gasteiger partial charge in [-0.1, -0.05) is 12.1 Å². The van der Waals surface area contributed by atoms with Crippen molar-refractivity contribution in [1.82, 2.24) is 19.7 Å². The zero-order valence-corrected chi connectivity index (χ0v) is 15.4. The molecule has 29 heavy (non-hydrogen) atoms. The molecule has 4 heterocycles. The number of alkyl halides is 4. The van der Waals surface area contributed by atoms with Crippen LogP contribution >= 0.6 is 0 Å². The Labute approximate surface area is 163 Å². The predicted molar refractivity (Wildman–Crippen MR) is 99.2 cm³/mol. The van der Waals surface area contributed by atoms with Crippen molar-refractivity contribution >= 4 is 11.5 Å². The summed E-state index contributed by atoms with van der Waals surface area (Å²) < 4.78 is 54.9. The second-order valence-corrected chi connectivity index (χ2v) is 7.19. The summed E-state index contributed by atoms with van der Waals surface area (Å²) in [4.78, 5) is 8.65. The van der Waals surface area contributed by atoms with E-state index in [1.54, 1.807) is 18.2 Å². The maximum absolute atomic E-state index is 13.8. The second kappa shape index (κ2) is 6.96. The number of nitrogens with zero attached hydrogens (tertiary/aromatic N) is 3. The number of aromatic nitrogens is 3. The van der Waals surface area contributed by atoms with Gasteiger partial charge in [0.05, 0.1) is 23.6 Å². The van der Waals surface area contributed by atoms with Crippen molar-refractivity contribution in [1.29, 1.82) is 0 Å². The SMILES string of the molecule is C[C@](O)(c1ccc2ncc(-c3cccc(N[C@H]4CNC[C@@H]4F)n3)n2c1)C(F)(F)F. The predicted octanol–water partition coefficient (Wildman–Crippen LogP) is 2.89. The Balaban J connectivity index is 1.71. The molecule has 1 saturated heterocycles. The van der Waals surface area contributed by atoms with Crippen LogP contribution in [0.4, 0.5) is 23.4 Å². The van der Waals surface area contributed by atoms with Gasteiger partial charge in [-0.15, -0.1) is 0 Å². The largest absolute Gasteiger partial charge is 0.421 e. The summed E-state index contributed by atoms with van der Waals surface area (Å²) in [6, 6.07) is 7.28. The van der Waals surface area contributed by atoms with E-state index in [9.17, 15) is 22.7 Å². The van der Waals surface area contributed by atoms with Gasteiger partial charge in [0.15, 0.2) is 5.60 Å². The van der Waals surface area contributed by atoms with Crippen molar-refractivity contribution in [3.8, 4) is 11.4 Å². The number of rotatable bonds is 4. The van der Waals surface area contributed by atoms with E-state index in [4.69, 9.17) is 0 Å². The van der Waals surface area contributed by atoms with Crippen LogP contribution in [0.25, 0.3) is 17.0 Å². The first-order chi connectivity index (χ1) is 13.7. The number of aliphatic hydroxyl groups is 1. The normalized spacial score (nSPS) is 22.0. The Hall–Kier alpha value is -2.72. The lowest BCUT2D eigenvalue weighted by Crippen LogP contribution is -2.39. The maximum atomic E-state index is 13.8. The van der Waals surface area contributed by atoms with Crippen LogP contribution < -0.4 is 10.6 Å². The molecule has 3 aromatic rings. The number of anilines is 1. The molecule has 0 spiro atoms. The minimum atomic E-state index is -4.83. The van der Waals surface area contributed by atoms with Gasteiger partial charge in [-0.3, -0.25) is 4.40 Å². The Morgan fingerprint density at radius 3 is 2.69 bits per heavy atom. The number of pyridine rings is 2. The Kier molecular flexibility index (Phi) is 4.70. The third-order valence-corrected chi connectivity index (χ3v) is 5.10. The molecular weight excluding hydrogens is 390 g/mol. The van der Waals surface area contributed by atoms with Gasteiger partial charge in [0.25, 0.3) is 0 Å². The van der Waals surface area contributed by atoms with E-state index >= 15 is 0 Å². The molecule has 1 aliphatic heterocycles. The number of halogens is 4. The first-order valence-electron chi connectivity index (χ1n) is 9.02. The fourth-order valence-electron chi connectivity index (χ4n) is 3.26. The number of hydrogen-bond donors (Lipinski definition) is 3. The fourth-order valence-corrected chi connectivity index (χ4v) is 3.26. The number of fused-ring (bicyclic) bond motifs is 1. The minimum Gasteiger partial charge on any atom is -0.376 e.